The summed E-state index contributed by atoms with van der Waals surface area (Å²) in [5.74, 6) is -0.0660. The molecule has 0 radical (unpaired) electrons. The first-order chi connectivity index (χ1) is 6.29. The van der Waals surface area contributed by atoms with E-state index in [9.17, 15) is 9.59 Å². The molecule has 8 nitrogen and oxygen atoms in total. The Hall–Kier alpha value is -1.96. The van der Waals surface area contributed by atoms with Crippen molar-refractivity contribution in [1.82, 2.24) is 9.46 Å². The minimum absolute atomic E-state index is 0.0266. The van der Waals surface area contributed by atoms with Gasteiger partial charge >= 0.3 is 11.2 Å². The Labute approximate surface area is 69.2 Å². The van der Waals surface area contributed by atoms with Gasteiger partial charge in [-0.1, -0.05) is 0 Å². The van der Waals surface area contributed by atoms with Crippen LogP contribution in [-0.4, -0.2) is 9.46 Å². The number of fused-ring (bicyclic) bond motifs is 4. The van der Waals surface area contributed by atoms with Gasteiger partial charge in [-0.2, -0.15) is 14.9 Å². The minimum atomic E-state index is -0.755. The van der Waals surface area contributed by atoms with E-state index in [1.165, 1.54) is 0 Å². The zero-order valence-electron chi connectivity index (χ0n) is 6.05. The second-order valence-electron chi connectivity index (χ2n) is 2.45. The molecule has 0 saturated carbocycles. The van der Waals surface area contributed by atoms with Crippen LogP contribution in [0.4, 0.5) is 0 Å². The fourth-order valence-electron chi connectivity index (χ4n) is 1.14. The first kappa shape index (κ1) is 6.54. The molecule has 0 aliphatic carbocycles. The van der Waals surface area contributed by atoms with Crippen molar-refractivity contribution in [3.8, 4) is 5.88 Å². The van der Waals surface area contributed by atoms with E-state index in [2.05, 4.69) is 19.8 Å². The summed E-state index contributed by atoms with van der Waals surface area (Å²) in [6, 6.07) is 0. The summed E-state index contributed by atoms with van der Waals surface area (Å²) in [4.78, 5) is 40.3. The molecule has 2 aliphatic rings. The Morgan fingerprint density at radius 3 is 2.77 bits per heavy atom. The molecule has 3 rings (SSSR count). The van der Waals surface area contributed by atoms with E-state index in [0.717, 1.165) is 0 Å². The summed E-state index contributed by atoms with van der Waals surface area (Å²) < 4.78 is 1.18. The molecule has 3 heterocycles. The summed E-state index contributed by atoms with van der Waals surface area (Å²) in [6.45, 7) is -0.0266. The maximum absolute atomic E-state index is 11.3. The summed E-state index contributed by atoms with van der Waals surface area (Å²) in [7, 11) is 0. The third-order valence-corrected chi connectivity index (χ3v) is 1.76. The highest BCUT2D eigenvalue weighted by Crippen LogP contribution is 2.20. The smallest absolute Gasteiger partial charge is 0.314 e. The molecule has 2 bridgehead atoms. The van der Waals surface area contributed by atoms with E-state index in [-0.39, 0.29) is 18.1 Å². The van der Waals surface area contributed by atoms with Crippen LogP contribution in [0.3, 0.4) is 0 Å². The molecule has 1 aromatic rings. The molecule has 13 heavy (non-hydrogen) atoms. The number of hydrogen-bond acceptors (Lipinski definition) is 6. The average molecular weight is 186 g/mol. The quantitative estimate of drug-likeness (QED) is 0.421. The van der Waals surface area contributed by atoms with E-state index < -0.39 is 11.2 Å². The van der Waals surface area contributed by atoms with Crippen LogP contribution in [0, 0.1) is 0 Å². The zero-order chi connectivity index (χ0) is 9.00. The molecule has 0 saturated heterocycles. The van der Waals surface area contributed by atoms with Crippen molar-refractivity contribution in [1.29, 1.82) is 0 Å². The molecule has 0 atom stereocenters. The van der Waals surface area contributed by atoms with Gasteiger partial charge in [-0.3, -0.25) is 4.79 Å². The van der Waals surface area contributed by atoms with Gasteiger partial charge in [-0.15, -0.1) is 0 Å². The van der Waals surface area contributed by atoms with Crippen molar-refractivity contribution >= 4 is 0 Å². The number of aromatic nitrogens is 2. The largest absolute Gasteiger partial charge is 0.408 e. The van der Waals surface area contributed by atoms with Crippen LogP contribution in [-0.2, 0) is 11.5 Å². The Bertz CT molecular complexity index is 499. The lowest BCUT2D eigenvalue weighted by molar-refractivity contribution is -0.274. The SMILES string of the molecule is O=c1c2c(n3c(=O)n1OO3)OOC2. The van der Waals surface area contributed by atoms with Gasteiger partial charge in [0.1, 0.15) is 12.2 Å². The molecular weight excluding hydrogens is 184 g/mol. The lowest BCUT2D eigenvalue weighted by atomic mass is 10.3. The van der Waals surface area contributed by atoms with Gasteiger partial charge < -0.3 is 4.89 Å². The van der Waals surface area contributed by atoms with E-state index in [4.69, 9.17) is 0 Å². The fraction of sp³-hybridized carbons (Fsp3) is 0.200. The van der Waals surface area contributed by atoms with Crippen LogP contribution < -0.4 is 26.1 Å². The van der Waals surface area contributed by atoms with Gasteiger partial charge in [0.05, 0.1) is 0 Å². The molecule has 0 fully saturated rings. The normalized spacial score (nSPS) is 16.0. The van der Waals surface area contributed by atoms with Crippen LogP contribution in [0.15, 0.2) is 9.59 Å². The summed E-state index contributed by atoms with van der Waals surface area (Å²) >= 11 is 0. The van der Waals surface area contributed by atoms with Crippen molar-refractivity contribution in [2.75, 3.05) is 0 Å². The van der Waals surface area contributed by atoms with Gasteiger partial charge in [0, 0.05) is 0 Å². The number of rotatable bonds is 0. The van der Waals surface area contributed by atoms with Gasteiger partial charge in [0.25, 0.3) is 5.88 Å². The number of hydrogen-bond donors (Lipinski definition) is 0. The maximum atomic E-state index is 11.3. The van der Waals surface area contributed by atoms with E-state index in [0.29, 0.717) is 9.46 Å². The zero-order valence-corrected chi connectivity index (χ0v) is 6.05. The lowest BCUT2D eigenvalue weighted by Crippen LogP contribution is -2.35. The fourth-order valence-corrected chi connectivity index (χ4v) is 1.14. The first-order valence-electron chi connectivity index (χ1n) is 3.35. The van der Waals surface area contributed by atoms with Crippen LogP contribution in [0.2, 0.25) is 0 Å². The highest BCUT2D eigenvalue weighted by Gasteiger charge is 2.33. The molecule has 1 aromatic heterocycles. The van der Waals surface area contributed by atoms with E-state index >= 15 is 0 Å². The third-order valence-electron chi connectivity index (χ3n) is 1.76. The standard InChI is InChI=1S/C5H2N2O6/c8-3-2-1-10-11-4(2)7-5(9)6(3)12-13-7/h1H2. The van der Waals surface area contributed by atoms with Crippen LogP contribution in [0.5, 0.6) is 5.88 Å². The minimum Gasteiger partial charge on any atom is -0.314 e. The van der Waals surface area contributed by atoms with Crippen molar-refractivity contribution in [3.05, 3.63) is 26.4 Å². The molecule has 2 aliphatic heterocycles. The Morgan fingerprint density at radius 1 is 1.15 bits per heavy atom. The summed E-state index contributed by atoms with van der Waals surface area (Å²) in [5, 5.41) is 0. The molecule has 0 aromatic carbocycles. The van der Waals surface area contributed by atoms with Crippen molar-refractivity contribution in [3.63, 3.8) is 0 Å². The van der Waals surface area contributed by atoms with Crippen LogP contribution in [0.25, 0.3) is 0 Å². The second kappa shape index (κ2) is 1.85. The molecule has 0 spiro atoms. The summed E-state index contributed by atoms with van der Waals surface area (Å²) in [5.41, 5.74) is -1.20. The van der Waals surface area contributed by atoms with Crippen LogP contribution in [0.1, 0.15) is 5.56 Å². The summed E-state index contributed by atoms with van der Waals surface area (Å²) in [6.07, 6.45) is 0. The predicted molar refractivity (Wildman–Crippen MR) is 33.5 cm³/mol. The molecule has 68 valence electrons. The van der Waals surface area contributed by atoms with Gasteiger partial charge in [0.2, 0.25) is 0 Å². The van der Waals surface area contributed by atoms with Crippen molar-refractivity contribution < 1.29 is 19.8 Å². The topological polar surface area (TPSA) is 80.9 Å². The Balaban J connectivity index is 2.53. The highest BCUT2D eigenvalue weighted by molar-refractivity contribution is 5.24. The second-order valence-corrected chi connectivity index (χ2v) is 2.45. The average Bonchev–Trinajstić information content (AvgIpc) is 2.66. The maximum Gasteiger partial charge on any atom is 0.408 e. The van der Waals surface area contributed by atoms with E-state index in [1.807, 2.05) is 0 Å². The molecule has 8 heteroatoms. The Kier molecular flexibility index (Phi) is 0.933. The van der Waals surface area contributed by atoms with Crippen LogP contribution >= 0.6 is 0 Å². The number of nitrogens with zero attached hydrogens (tertiary/aromatic N) is 2. The first-order valence-corrected chi connectivity index (χ1v) is 3.35. The highest BCUT2D eigenvalue weighted by atomic mass is 17.3. The monoisotopic (exact) mass is 186 g/mol. The molecular formula is C5H2N2O6. The van der Waals surface area contributed by atoms with Crippen molar-refractivity contribution in [2.24, 2.45) is 0 Å². The molecule has 0 unspecified atom stereocenters. The third kappa shape index (κ3) is 0.595. The van der Waals surface area contributed by atoms with E-state index in [1.54, 1.807) is 0 Å². The predicted octanol–water partition coefficient (Wildman–Crippen LogP) is -2.38. The van der Waals surface area contributed by atoms with Crippen molar-refractivity contribution in [2.45, 2.75) is 6.61 Å². The van der Waals surface area contributed by atoms with Gasteiger partial charge in [0.15, 0.2) is 0 Å². The molecule has 0 N–H and O–H groups in total. The molecule has 0 amide bonds. The lowest BCUT2D eigenvalue weighted by Gasteiger charge is -1.94. The Morgan fingerprint density at radius 2 is 1.92 bits per heavy atom. The van der Waals surface area contributed by atoms with Gasteiger partial charge in [-0.25, -0.2) is 4.79 Å². The van der Waals surface area contributed by atoms with Gasteiger partial charge in [-0.05, 0) is 9.46 Å².